The van der Waals surface area contributed by atoms with Crippen LogP contribution in [0.1, 0.15) is 38.5 Å². The third kappa shape index (κ3) is 3.88. The third-order valence-corrected chi connectivity index (χ3v) is 6.92. The van der Waals surface area contributed by atoms with Crippen LogP contribution in [0.15, 0.2) is 0 Å². The number of hydrogen-bond acceptors (Lipinski definition) is 4. The molecule has 3 rings (SSSR count). The molecule has 0 N–H and O–H groups in total. The standard InChI is InChI=1S/C16H28N2O4S/c1-23(20,21)18-8-3-2-4-15(18)16(19)17-9-5-14(12-17)13-6-10-22-11-7-13/h13-15H,2-12H2,1H3. The van der Waals surface area contributed by atoms with E-state index in [1.807, 2.05) is 4.90 Å². The minimum absolute atomic E-state index is 0.0182. The summed E-state index contributed by atoms with van der Waals surface area (Å²) in [6.07, 6.45) is 6.87. The van der Waals surface area contributed by atoms with Crippen molar-refractivity contribution in [3.05, 3.63) is 0 Å². The lowest BCUT2D eigenvalue weighted by Crippen LogP contribution is -2.52. The summed E-state index contributed by atoms with van der Waals surface area (Å²) in [7, 11) is -3.31. The molecular weight excluding hydrogens is 316 g/mol. The Balaban J connectivity index is 1.63. The maximum absolute atomic E-state index is 12.9. The number of likely N-dealkylation sites (tertiary alicyclic amines) is 1. The van der Waals surface area contributed by atoms with E-state index in [0.29, 0.717) is 24.8 Å². The summed E-state index contributed by atoms with van der Waals surface area (Å²) in [5.74, 6) is 1.22. The average molecular weight is 344 g/mol. The lowest BCUT2D eigenvalue weighted by Gasteiger charge is -2.35. The molecule has 3 aliphatic rings. The second-order valence-electron chi connectivity index (χ2n) is 7.17. The summed E-state index contributed by atoms with van der Waals surface area (Å²) in [4.78, 5) is 14.8. The number of piperidine rings is 1. The normalized spacial score (nSPS) is 31.4. The summed E-state index contributed by atoms with van der Waals surface area (Å²) >= 11 is 0. The van der Waals surface area contributed by atoms with Crippen molar-refractivity contribution in [3.8, 4) is 0 Å². The van der Waals surface area contributed by atoms with Crippen LogP contribution in [-0.2, 0) is 19.6 Å². The zero-order chi connectivity index (χ0) is 16.4. The van der Waals surface area contributed by atoms with Crippen LogP contribution in [-0.4, -0.2) is 68.7 Å². The molecule has 0 spiro atoms. The smallest absolute Gasteiger partial charge is 0.241 e. The molecule has 0 saturated carbocycles. The lowest BCUT2D eigenvalue weighted by atomic mass is 9.85. The first kappa shape index (κ1) is 17.2. The Labute approximate surface area is 139 Å². The molecule has 23 heavy (non-hydrogen) atoms. The fourth-order valence-corrected chi connectivity index (χ4v) is 5.44. The molecule has 0 aromatic carbocycles. The maximum Gasteiger partial charge on any atom is 0.241 e. The molecule has 3 heterocycles. The van der Waals surface area contributed by atoms with Gasteiger partial charge in [0.2, 0.25) is 15.9 Å². The average Bonchev–Trinajstić information content (AvgIpc) is 3.04. The topological polar surface area (TPSA) is 66.9 Å². The number of hydrogen-bond donors (Lipinski definition) is 0. The van der Waals surface area contributed by atoms with Gasteiger partial charge in [0.25, 0.3) is 0 Å². The SMILES string of the molecule is CS(=O)(=O)N1CCCCC1C(=O)N1CCC(C2CCOCC2)C1. The highest BCUT2D eigenvalue weighted by Gasteiger charge is 2.40. The summed E-state index contributed by atoms with van der Waals surface area (Å²) in [6, 6.07) is -0.479. The van der Waals surface area contributed by atoms with Crippen molar-refractivity contribution < 1.29 is 17.9 Å². The van der Waals surface area contributed by atoms with Gasteiger partial charge in [-0.1, -0.05) is 6.42 Å². The number of carbonyl (C=O) groups is 1. The van der Waals surface area contributed by atoms with Crippen molar-refractivity contribution in [2.45, 2.75) is 44.6 Å². The maximum atomic E-state index is 12.9. The monoisotopic (exact) mass is 344 g/mol. The van der Waals surface area contributed by atoms with Gasteiger partial charge >= 0.3 is 0 Å². The Morgan fingerprint density at radius 3 is 2.43 bits per heavy atom. The van der Waals surface area contributed by atoms with E-state index in [1.165, 1.54) is 10.6 Å². The van der Waals surface area contributed by atoms with Crippen molar-refractivity contribution in [3.63, 3.8) is 0 Å². The number of nitrogens with zero attached hydrogens (tertiary/aromatic N) is 2. The zero-order valence-corrected chi connectivity index (χ0v) is 14.8. The van der Waals surface area contributed by atoms with Crippen molar-refractivity contribution in [2.24, 2.45) is 11.8 Å². The van der Waals surface area contributed by atoms with Crippen LogP contribution >= 0.6 is 0 Å². The van der Waals surface area contributed by atoms with Crippen molar-refractivity contribution in [1.29, 1.82) is 0 Å². The van der Waals surface area contributed by atoms with Crippen LogP contribution in [0.3, 0.4) is 0 Å². The fraction of sp³-hybridized carbons (Fsp3) is 0.938. The van der Waals surface area contributed by atoms with E-state index in [2.05, 4.69) is 0 Å². The predicted molar refractivity (Wildman–Crippen MR) is 87.4 cm³/mol. The zero-order valence-electron chi connectivity index (χ0n) is 13.9. The molecule has 3 fully saturated rings. The quantitative estimate of drug-likeness (QED) is 0.768. The van der Waals surface area contributed by atoms with E-state index in [1.54, 1.807) is 0 Å². The molecule has 0 radical (unpaired) electrons. The van der Waals surface area contributed by atoms with Crippen LogP contribution in [0.5, 0.6) is 0 Å². The number of sulfonamides is 1. The predicted octanol–water partition coefficient (Wildman–Crippen LogP) is 1.08. The Kier molecular flexibility index (Phi) is 5.28. The van der Waals surface area contributed by atoms with E-state index in [0.717, 1.165) is 58.4 Å². The van der Waals surface area contributed by atoms with Crippen LogP contribution in [0.4, 0.5) is 0 Å². The van der Waals surface area contributed by atoms with Gasteiger partial charge in [-0.05, 0) is 43.9 Å². The molecule has 2 unspecified atom stereocenters. The second kappa shape index (κ2) is 7.07. The molecule has 1 amide bonds. The molecule has 2 atom stereocenters. The number of amides is 1. The van der Waals surface area contributed by atoms with Gasteiger partial charge in [-0.25, -0.2) is 8.42 Å². The number of ether oxygens (including phenoxy) is 1. The van der Waals surface area contributed by atoms with Gasteiger partial charge in [-0.15, -0.1) is 0 Å². The van der Waals surface area contributed by atoms with Gasteiger partial charge in [-0.3, -0.25) is 4.79 Å². The van der Waals surface area contributed by atoms with E-state index >= 15 is 0 Å². The molecule has 0 bridgehead atoms. The number of carbonyl (C=O) groups excluding carboxylic acids is 1. The summed E-state index contributed by atoms with van der Waals surface area (Å²) in [5.41, 5.74) is 0. The largest absolute Gasteiger partial charge is 0.381 e. The summed E-state index contributed by atoms with van der Waals surface area (Å²) < 4.78 is 30.8. The van der Waals surface area contributed by atoms with Crippen LogP contribution in [0.2, 0.25) is 0 Å². The summed E-state index contributed by atoms with van der Waals surface area (Å²) in [5, 5.41) is 0. The van der Waals surface area contributed by atoms with Crippen molar-refractivity contribution in [1.82, 2.24) is 9.21 Å². The third-order valence-electron chi connectivity index (χ3n) is 5.63. The first-order chi connectivity index (χ1) is 11.0. The Bertz CT molecular complexity index is 530. The van der Waals surface area contributed by atoms with Crippen LogP contribution in [0, 0.1) is 11.8 Å². The van der Waals surface area contributed by atoms with E-state index in [-0.39, 0.29) is 5.91 Å². The highest BCUT2D eigenvalue weighted by atomic mass is 32.2. The highest BCUT2D eigenvalue weighted by Crippen LogP contribution is 2.32. The van der Waals surface area contributed by atoms with Gasteiger partial charge in [0.1, 0.15) is 6.04 Å². The van der Waals surface area contributed by atoms with Crippen LogP contribution < -0.4 is 0 Å². The molecule has 3 aliphatic heterocycles. The Morgan fingerprint density at radius 1 is 1.00 bits per heavy atom. The Hall–Kier alpha value is -0.660. The van der Waals surface area contributed by atoms with Gasteiger partial charge in [0, 0.05) is 32.8 Å². The minimum Gasteiger partial charge on any atom is -0.381 e. The molecule has 132 valence electrons. The molecule has 0 aliphatic carbocycles. The van der Waals surface area contributed by atoms with Crippen molar-refractivity contribution >= 4 is 15.9 Å². The first-order valence-corrected chi connectivity index (χ1v) is 10.6. The van der Waals surface area contributed by atoms with E-state index in [4.69, 9.17) is 4.74 Å². The fourth-order valence-electron chi connectivity index (χ4n) is 4.32. The van der Waals surface area contributed by atoms with Gasteiger partial charge in [0.15, 0.2) is 0 Å². The van der Waals surface area contributed by atoms with E-state index in [9.17, 15) is 13.2 Å². The van der Waals surface area contributed by atoms with Crippen molar-refractivity contribution in [2.75, 3.05) is 39.1 Å². The molecule has 6 nitrogen and oxygen atoms in total. The number of rotatable bonds is 3. The van der Waals surface area contributed by atoms with Gasteiger partial charge in [0.05, 0.1) is 6.26 Å². The van der Waals surface area contributed by atoms with Gasteiger partial charge < -0.3 is 9.64 Å². The lowest BCUT2D eigenvalue weighted by molar-refractivity contribution is -0.135. The van der Waals surface area contributed by atoms with E-state index < -0.39 is 16.1 Å². The molecule has 0 aromatic rings. The molecule has 3 saturated heterocycles. The second-order valence-corrected chi connectivity index (χ2v) is 9.10. The molecule has 7 heteroatoms. The van der Waals surface area contributed by atoms with Crippen LogP contribution in [0.25, 0.3) is 0 Å². The summed E-state index contributed by atoms with van der Waals surface area (Å²) in [6.45, 7) is 3.71. The Morgan fingerprint density at radius 2 is 1.74 bits per heavy atom. The highest BCUT2D eigenvalue weighted by molar-refractivity contribution is 7.88. The minimum atomic E-state index is -3.31. The van der Waals surface area contributed by atoms with Gasteiger partial charge in [-0.2, -0.15) is 4.31 Å². The molecule has 0 aromatic heterocycles. The molecular formula is C16H28N2O4S. The first-order valence-electron chi connectivity index (χ1n) is 8.80.